The molecule has 9 heteroatoms. The number of nitrogens with zero attached hydrogens (tertiary/aromatic N) is 2. The Hall–Kier alpha value is -2.97. The average molecular weight is 454 g/mol. The van der Waals surface area contributed by atoms with Gasteiger partial charge in [0.2, 0.25) is 11.8 Å². The van der Waals surface area contributed by atoms with Crippen molar-refractivity contribution in [1.82, 2.24) is 15.1 Å². The molecule has 0 radical (unpaired) electrons. The van der Waals surface area contributed by atoms with Crippen LogP contribution in [0.3, 0.4) is 0 Å². The number of carbonyl (C=O) groups excluding carboxylic acids is 2. The second-order valence-electron chi connectivity index (χ2n) is 8.74. The van der Waals surface area contributed by atoms with Gasteiger partial charge in [0.25, 0.3) is 0 Å². The molecule has 0 bridgehead atoms. The molecule has 2 rings (SSSR count). The van der Waals surface area contributed by atoms with E-state index in [1.54, 1.807) is 20.8 Å². The van der Waals surface area contributed by atoms with E-state index in [4.69, 9.17) is 0 Å². The number of hydrogen-bond donors (Lipinski definition) is 2. The van der Waals surface area contributed by atoms with Crippen molar-refractivity contribution in [2.75, 3.05) is 19.6 Å². The summed E-state index contributed by atoms with van der Waals surface area (Å²) < 4.78 is 40.3. The fourth-order valence-electron chi connectivity index (χ4n) is 3.33. The third-order valence-corrected chi connectivity index (χ3v) is 4.66. The number of phenolic OH excluding ortho intramolecular Hbond substituents is 1. The van der Waals surface area contributed by atoms with Crippen LogP contribution in [0.15, 0.2) is 48.7 Å². The Kier molecular flexibility index (Phi) is 8.35. The van der Waals surface area contributed by atoms with Crippen molar-refractivity contribution in [2.24, 2.45) is 0 Å². The van der Waals surface area contributed by atoms with Gasteiger partial charge >= 0.3 is 6.18 Å². The summed E-state index contributed by atoms with van der Waals surface area (Å²) in [6.45, 7) is 4.73. The predicted molar refractivity (Wildman–Crippen MR) is 116 cm³/mol. The molecule has 0 fully saturated rings. The number of alkyl halides is 3. The SMILES string of the molecule is CC(C)(C)NC(=O)C(c1ccc(O)cc1)N(CC(F)(F)F)C(=O)CCCN1C=CC=CC1. The number of nitrogens with one attached hydrogen (secondary N) is 1. The fourth-order valence-corrected chi connectivity index (χ4v) is 3.33. The number of carbonyl (C=O) groups is 2. The lowest BCUT2D eigenvalue weighted by Gasteiger charge is -2.34. The smallest absolute Gasteiger partial charge is 0.406 e. The largest absolute Gasteiger partial charge is 0.508 e. The van der Waals surface area contributed by atoms with E-state index in [2.05, 4.69) is 5.32 Å². The number of amides is 2. The molecule has 1 atom stereocenters. The molecule has 6 nitrogen and oxygen atoms in total. The minimum atomic E-state index is -4.69. The Bertz CT molecular complexity index is 843. The quantitative estimate of drug-likeness (QED) is 0.626. The van der Waals surface area contributed by atoms with Crippen molar-refractivity contribution in [3.8, 4) is 5.75 Å². The number of benzene rings is 1. The molecule has 0 saturated heterocycles. The molecule has 2 N–H and O–H groups in total. The van der Waals surface area contributed by atoms with Gasteiger partial charge in [0, 0.05) is 25.0 Å². The molecule has 1 aliphatic rings. The Morgan fingerprint density at radius 1 is 1.16 bits per heavy atom. The van der Waals surface area contributed by atoms with E-state index in [0.29, 0.717) is 24.4 Å². The molecule has 32 heavy (non-hydrogen) atoms. The maximum Gasteiger partial charge on any atom is 0.406 e. The highest BCUT2D eigenvalue weighted by atomic mass is 19.4. The maximum atomic E-state index is 13.4. The van der Waals surface area contributed by atoms with Crippen LogP contribution in [0.1, 0.15) is 45.2 Å². The van der Waals surface area contributed by atoms with Crippen LogP contribution in [-0.4, -0.2) is 58.1 Å². The summed E-state index contributed by atoms with van der Waals surface area (Å²) in [6, 6.07) is 3.77. The van der Waals surface area contributed by atoms with Gasteiger partial charge in [-0.2, -0.15) is 13.2 Å². The van der Waals surface area contributed by atoms with Crippen LogP contribution in [0.2, 0.25) is 0 Å². The molecule has 176 valence electrons. The van der Waals surface area contributed by atoms with Crippen LogP contribution in [0, 0.1) is 0 Å². The molecule has 1 aromatic rings. The van der Waals surface area contributed by atoms with Crippen LogP contribution >= 0.6 is 0 Å². The van der Waals surface area contributed by atoms with E-state index in [1.165, 1.54) is 24.3 Å². The van der Waals surface area contributed by atoms with Gasteiger partial charge < -0.3 is 20.2 Å². The molecule has 1 aromatic carbocycles. The van der Waals surface area contributed by atoms with Crippen LogP contribution in [-0.2, 0) is 9.59 Å². The summed E-state index contributed by atoms with van der Waals surface area (Å²) in [7, 11) is 0. The molecule has 1 aliphatic heterocycles. The van der Waals surface area contributed by atoms with Crippen molar-refractivity contribution >= 4 is 11.8 Å². The molecular weight excluding hydrogens is 423 g/mol. The minimum Gasteiger partial charge on any atom is -0.508 e. The number of halogens is 3. The highest BCUT2D eigenvalue weighted by molar-refractivity contribution is 5.89. The van der Waals surface area contributed by atoms with E-state index in [-0.39, 0.29) is 17.7 Å². The first-order valence-corrected chi connectivity index (χ1v) is 10.4. The molecular formula is C23H30F3N3O3. The number of allylic oxidation sites excluding steroid dienone is 2. The number of aromatic hydroxyl groups is 1. The van der Waals surface area contributed by atoms with E-state index in [9.17, 15) is 27.9 Å². The minimum absolute atomic E-state index is 0.0962. The number of rotatable bonds is 8. The lowest BCUT2D eigenvalue weighted by atomic mass is 10.0. The third-order valence-electron chi connectivity index (χ3n) is 4.66. The van der Waals surface area contributed by atoms with E-state index in [0.717, 1.165) is 0 Å². The van der Waals surface area contributed by atoms with Gasteiger partial charge in [-0.15, -0.1) is 0 Å². The standard InChI is InChI=1S/C23H30F3N3O3/c1-22(2,3)27-21(32)20(17-9-11-18(30)12-10-17)29(16-23(24,25)26)19(31)8-7-15-28-13-5-4-6-14-28/h4-6,9-13,20,30H,7-8,14-16H2,1-3H3,(H,27,32). The maximum absolute atomic E-state index is 13.4. The molecule has 2 amide bonds. The van der Waals surface area contributed by atoms with Crippen LogP contribution in [0.4, 0.5) is 13.2 Å². The van der Waals surface area contributed by atoms with Crippen molar-refractivity contribution in [3.63, 3.8) is 0 Å². The zero-order valence-electron chi connectivity index (χ0n) is 18.5. The Morgan fingerprint density at radius 3 is 2.34 bits per heavy atom. The van der Waals surface area contributed by atoms with Crippen LogP contribution in [0.5, 0.6) is 5.75 Å². The zero-order chi connectivity index (χ0) is 23.9. The average Bonchev–Trinajstić information content (AvgIpc) is 2.67. The molecule has 0 spiro atoms. The number of phenols is 1. The molecule has 0 aliphatic carbocycles. The predicted octanol–water partition coefficient (Wildman–Crippen LogP) is 3.90. The van der Waals surface area contributed by atoms with E-state index >= 15 is 0 Å². The van der Waals surface area contributed by atoms with Gasteiger partial charge in [-0.25, -0.2) is 0 Å². The Labute approximate surface area is 186 Å². The topological polar surface area (TPSA) is 72.9 Å². The molecule has 0 aromatic heterocycles. The highest BCUT2D eigenvalue weighted by Gasteiger charge is 2.40. The molecule has 1 heterocycles. The van der Waals surface area contributed by atoms with Gasteiger partial charge in [0.15, 0.2) is 0 Å². The summed E-state index contributed by atoms with van der Waals surface area (Å²) >= 11 is 0. The van der Waals surface area contributed by atoms with Gasteiger partial charge in [-0.05, 0) is 57.2 Å². The Morgan fingerprint density at radius 2 is 1.81 bits per heavy atom. The van der Waals surface area contributed by atoms with Crippen LogP contribution in [0.25, 0.3) is 0 Å². The number of hydrogen-bond acceptors (Lipinski definition) is 4. The zero-order valence-corrected chi connectivity index (χ0v) is 18.5. The van der Waals surface area contributed by atoms with E-state index in [1.807, 2.05) is 29.3 Å². The van der Waals surface area contributed by atoms with E-state index < -0.39 is 36.1 Å². The summed E-state index contributed by atoms with van der Waals surface area (Å²) in [5.41, 5.74) is -0.529. The van der Waals surface area contributed by atoms with Gasteiger partial charge in [-0.1, -0.05) is 24.3 Å². The normalized spacial score (nSPS) is 14.9. The third kappa shape index (κ3) is 8.28. The van der Waals surface area contributed by atoms with Crippen molar-refractivity contribution in [3.05, 3.63) is 54.3 Å². The highest BCUT2D eigenvalue weighted by Crippen LogP contribution is 2.29. The molecule has 0 saturated carbocycles. The van der Waals surface area contributed by atoms with Gasteiger partial charge in [0.1, 0.15) is 18.3 Å². The summed E-state index contributed by atoms with van der Waals surface area (Å²) in [5.74, 6) is -1.58. The van der Waals surface area contributed by atoms with Crippen molar-refractivity contribution in [1.29, 1.82) is 0 Å². The monoisotopic (exact) mass is 453 g/mol. The lowest BCUT2D eigenvalue weighted by Crippen LogP contribution is -2.51. The van der Waals surface area contributed by atoms with Gasteiger partial charge in [-0.3, -0.25) is 9.59 Å². The first-order valence-electron chi connectivity index (χ1n) is 10.4. The first-order chi connectivity index (χ1) is 14.9. The summed E-state index contributed by atoms with van der Waals surface area (Å²) in [4.78, 5) is 28.5. The first kappa shape index (κ1) is 25.3. The summed E-state index contributed by atoms with van der Waals surface area (Å²) in [5, 5.41) is 12.2. The lowest BCUT2D eigenvalue weighted by molar-refractivity contribution is -0.169. The van der Waals surface area contributed by atoms with Crippen molar-refractivity contribution < 1.29 is 27.9 Å². The Balaban J connectivity index is 2.28. The fraction of sp³-hybridized carbons (Fsp3) is 0.478. The van der Waals surface area contributed by atoms with Crippen molar-refractivity contribution in [2.45, 2.75) is 51.4 Å². The second-order valence-corrected chi connectivity index (χ2v) is 8.74. The summed E-state index contributed by atoms with van der Waals surface area (Å²) in [6.07, 6.45) is 3.05. The van der Waals surface area contributed by atoms with Crippen LogP contribution < -0.4 is 5.32 Å². The van der Waals surface area contributed by atoms with Gasteiger partial charge in [0.05, 0.1) is 0 Å². The second kappa shape index (κ2) is 10.6. The molecule has 1 unspecified atom stereocenters.